The zero-order valence-corrected chi connectivity index (χ0v) is 14.4. The summed E-state index contributed by atoms with van der Waals surface area (Å²) in [5.41, 5.74) is 0. The number of alkyl halides is 3. The van der Waals surface area contributed by atoms with Crippen molar-refractivity contribution in [3.8, 4) is 0 Å². The van der Waals surface area contributed by atoms with Crippen LogP contribution in [0.3, 0.4) is 0 Å². The highest BCUT2D eigenvalue weighted by molar-refractivity contribution is 5.81. The van der Waals surface area contributed by atoms with Gasteiger partial charge in [-0.1, -0.05) is 34.6 Å². The molecular formula is C16H27F3O4. The smallest absolute Gasteiger partial charge is 0.309 e. The standard InChI is InChI=1S/C16H27F3O4/c1-9(2)7-22-15(20)11(5)12(6-13(17)14(18)19)16(21)23-8-10(3)4/h9-14H,6-8H2,1-5H3. The number of halogens is 3. The number of ether oxygens (including phenoxy) is 2. The lowest BCUT2D eigenvalue weighted by atomic mass is 9.89. The lowest BCUT2D eigenvalue weighted by Crippen LogP contribution is -2.35. The molecule has 23 heavy (non-hydrogen) atoms. The lowest BCUT2D eigenvalue weighted by molar-refractivity contribution is -0.162. The largest absolute Gasteiger partial charge is 0.465 e. The number of rotatable bonds is 10. The Balaban J connectivity index is 4.93. The molecule has 0 aromatic carbocycles. The van der Waals surface area contributed by atoms with Crippen LogP contribution in [0.4, 0.5) is 13.2 Å². The summed E-state index contributed by atoms with van der Waals surface area (Å²) < 4.78 is 48.2. The Morgan fingerprint density at radius 1 is 0.826 bits per heavy atom. The highest BCUT2D eigenvalue weighted by Crippen LogP contribution is 2.25. The van der Waals surface area contributed by atoms with Gasteiger partial charge in [-0.15, -0.1) is 0 Å². The minimum Gasteiger partial charge on any atom is -0.465 e. The molecule has 0 aromatic rings. The summed E-state index contributed by atoms with van der Waals surface area (Å²) in [7, 11) is 0. The van der Waals surface area contributed by atoms with Crippen LogP contribution >= 0.6 is 0 Å². The fourth-order valence-electron chi connectivity index (χ4n) is 1.75. The first kappa shape index (κ1) is 21.7. The SMILES string of the molecule is CC(C)COC(=O)C(C)C(CC(F)C(F)F)C(=O)OCC(C)C. The molecule has 0 heterocycles. The van der Waals surface area contributed by atoms with Crippen LogP contribution in [0.15, 0.2) is 0 Å². The third-order valence-corrected chi connectivity index (χ3v) is 3.15. The minimum atomic E-state index is -3.21. The first-order chi connectivity index (χ1) is 10.6. The van der Waals surface area contributed by atoms with Gasteiger partial charge in [-0.05, 0) is 18.3 Å². The molecule has 0 aliphatic rings. The van der Waals surface area contributed by atoms with Crippen molar-refractivity contribution in [1.82, 2.24) is 0 Å². The van der Waals surface area contributed by atoms with Crippen molar-refractivity contribution in [2.24, 2.45) is 23.7 Å². The van der Waals surface area contributed by atoms with Gasteiger partial charge in [0.1, 0.15) is 0 Å². The average Bonchev–Trinajstić information content (AvgIpc) is 2.46. The molecule has 0 amide bonds. The zero-order chi connectivity index (χ0) is 18.2. The Hall–Kier alpha value is -1.27. The van der Waals surface area contributed by atoms with Crippen LogP contribution < -0.4 is 0 Å². The summed E-state index contributed by atoms with van der Waals surface area (Å²) in [5, 5.41) is 0. The molecule has 4 nitrogen and oxygen atoms in total. The lowest BCUT2D eigenvalue weighted by Gasteiger charge is -2.23. The molecule has 0 bridgehead atoms. The van der Waals surface area contributed by atoms with E-state index in [-0.39, 0.29) is 25.0 Å². The molecule has 0 aliphatic carbocycles. The van der Waals surface area contributed by atoms with E-state index in [0.717, 1.165) is 0 Å². The van der Waals surface area contributed by atoms with Gasteiger partial charge in [0.15, 0.2) is 6.17 Å². The summed E-state index contributed by atoms with van der Waals surface area (Å²) in [5.74, 6) is -3.78. The first-order valence-corrected chi connectivity index (χ1v) is 7.81. The van der Waals surface area contributed by atoms with Gasteiger partial charge in [-0.25, -0.2) is 13.2 Å². The summed E-state index contributed by atoms with van der Waals surface area (Å²) in [6.45, 7) is 8.86. The van der Waals surface area contributed by atoms with E-state index in [4.69, 9.17) is 9.47 Å². The Kier molecular flexibility index (Phi) is 9.91. The molecular weight excluding hydrogens is 313 g/mol. The summed E-state index contributed by atoms with van der Waals surface area (Å²) in [6, 6.07) is 0. The van der Waals surface area contributed by atoms with Gasteiger partial charge in [0, 0.05) is 0 Å². The fraction of sp³-hybridized carbons (Fsp3) is 0.875. The normalized spacial score (nSPS) is 15.6. The minimum absolute atomic E-state index is 0.0408. The highest BCUT2D eigenvalue weighted by Gasteiger charge is 2.37. The molecule has 0 aromatic heterocycles. The molecule has 0 saturated carbocycles. The van der Waals surface area contributed by atoms with Gasteiger partial charge in [-0.2, -0.15) is 0 Å². The van der Waals surface area contributed by atoms with Crippen molar-refractivity contribution >= 4 is 11.9 Å². The van der Waals surface area contributed by atoms with Crippen LogP contribution in [0.2, 0.25) is 0 Å². The van der Waals surface area contributed by atoms with Gasteiger partial charge in [0.2, 0.25) is 0 Å². The summed E-state index contributed by atoms with van der Waals surface area (Å²) in [4.78, 5) is 24.0. The molecule has 0 fully saturated rings. The monoisotopic (exact) mass is 340 g/mol. The Bertz CT molecular complexity index is 372. The summed E-state index contributed by atoms with van der Waals surface area (Å²) in [6.07, 6.45) is -6.48. The topological polar surface area (TPSA) is 52.6 Å². The van der Waals surface area contributed by atoms with Crippen LogP contribution in [0, 0.1) is 23.7 Å². The molecule has 3 unspecified atom stereocenters. The maximum absolute atomic E-state index is 13.4. The number of esters is 2. The molecule has 0 spiro atoms. The second kappa shape index (κ2) is 10.5. The van der Waals surface area contributed by atoms with Gasteiger partial charge in [-0.3, -0.25) is 9.59 Å². The van der Waals surface area contributed by atoms with Crippen molar-refractivity contribution in [1.29, 1.82) is 0 Å². The van der Waals surface area contributed by atoms with Crippen LogP contribution in [0.5, 0.6) is 0 Å². The third-order valence-electron chi connectivity index (χ3n) is 3.15. The van der Waals surface area contributed by atoms with Crippen LogP contribution in [-0.4, -0.2) is 37.7 Å². The zero-order valence-electron chi connectivity index (χ0n) is 14.4. The number of hydrogen-bond donors (Lipinski definition) is 0. The Labute approximate surface area is 135 Å². The van der Waals surface area contributed by atoms with Crippen molar-refractivity contribution in [3.05, 3.63) is 0 Å². The number of carbonyl (C=O) groups is 2. The quantitative estimate of drug-likeness (QED) is 0.570. The molecule has 136 valence electrons. The van der Waals surface area contributed by atoms with Crippen LogP contribution in [-0.2, 0) is 19.1 Å². The van der Waals surface area contributed by atoms with Gasteiger partial charge >= 0.3 is 11.9 Å². The Morgan fingerprint density at radius 3 is 1.65 bits per heavy atom. The molecule has 0 rings (SSSR count). The van der Waals surface area contributed by atoms with Gasteiger partial charge in [0.05, 0.1) is 25.0 Å². The molecule has 7 heteroatoms. The van der Waals surface area contributed by atoms with Crippen molar-refractivity contribution < 1.29 is 32.2 Å². The highest BCUT2D eigenvalue weighted by atomic mass is 19.3. The Morgan fingerprint density at radius 2 is 1.26 bits per heavy atom. The van der Waals surface area contributed by atoms with Gasteiger partial charge < -0.3 is 9.47 Å². The maximum Gasteiger partial charge on any atom is 0.309 e. The van der Waals surface area contributed by atoms with Crippen molar-refractivity contribution in [3.63, 3.8) is 0 Å². The van der Waals surface area contributed by atoms with Gasteiger partial charge in [0.25, 0.3) is 6.43 Å². The van der Waals surface area contributed by atoms with Crippen LogP contribution in [0.1, 0.15) is 41.0 Å². The summed E-state index contributed by atoms with van der Waals surface area (Å²) >= 11 is 0. The maximum atomic E-state index is 13.4. The first-order valence-electron chi connectivity index (χ1n) is 7.81. The van der Waals surface area contributed by atoms with E-state index < -0.39 is 42.8 Å². The van der Waals surface area contributed by atoms with E-state index in [0.29, 0.717) is 0 Å². The fourth-order valence-corrected chi connectivity index (χ4v) is 1.75. The third kappa shape index (κ3) is 8.81. The van der Waals surface area contributed by atoms with E-state index in [1.54, 1.807) is 13.8 Å². The molecule has 0 N–H and O–H groups in total. The van der Waals surface area contributed by atoms with E-state index >= 15 is 0 Å². The molecule has 0 radical (unpaired) electrons. The van der Waals surface area contributed by atoms with E-state index in [2.05, 4.69) is 0 Å². The van der Waals surface area contributed by atoms with E-state index in [9.17, 15) is 22.8 Å². The van der Waals surface area contributed by atoms with E-state index in [1.165, 1.54) is 6.92 Å². The number of hydrogen-bond acceptors (Lipinski definition) is 4. The predicted molar refractivity (Wildman–Crippen MR) is 79.8 cm³/mol. The molecule has 3 atom stereocenters. The predicted octanol–water partition coefficient (Wildman–Crippen LogP) is 3.63. The van der Waals surface area contributed by atoms with Crippen molar-refractivity contribution in [2.45, 2.75) is 53.6 Å². The molecule has 0 aliphatic heterocycles. The van der Waals surface area contributed by atoms with Crippen molar-refractivity contribution in [2.75, 3.05) is 13.2 Å². The second-order valence-electron chi connectivity index (χ2n) is 6.53. The van der Waals surface area contributed by atoms with E-state index in [1.807, 2.05) is 13.8 Å². The molecule has 0 saturated heterocycles. The van der Waals surface area contributed by atoms with Crippen LogP contribution in [0.25, 0.3) is 0 Å². The average molecular weight is 340 g/mol. The second-order valence-corrected chi connectivity index (χ2v) is 6.53. The number of carbonyl (C=O) groups excluding carboxylic acids is 2.